The predicted molar refractivity (Wildman–Crippen MR) is 144 cm³/mol. The van der Waals surface area contributed by atoms with Gasteiger partial charge in [-0.15, -0.1) is 5.10 Å². The number of nitrogens with zero attached hydrogens (tertiary/aromatic N) is 4. The lowest BCUT2D eigenvalue weighted by Crippen LogP contribution is -2.37. The molecule has 0 aliphatic carbocycles. The van der Waals surface area contributed by atoms with E-state index in [1.54, 1.807) is 42.5 Å². The van der Waals surface area contributed by atoms with Crippen LogP contribution in [-0.4, -0.2) is 39.6 Å². The minimum absolute atomic E-state index is 0.201. The Labute approximate surface area is 224 Å². The third-order valence-electron chi connectivity index (χ3n) is 6.48. The van der Waals surface area contributed by atoms with Gasteiger partial charge in [0.05, 0.1) is 11.3 Å². The summed E-state index contributed by atoms with van der Waals surface area (Å²) in [5.41, 5.74) is 1.54. The Morgan fingerprint density at radius 1 is 0.974 bits per heavy atom. The number of para-hydroxylation sites is 4. The quantitative estimate of drug-likeness (QED) is 0.375. The summed E-state index contributed by atoms with van der Waals surface area (Å²) >= 11 is 1.08. The van der Waals surface area contributed by atoms with Crippen LogP contribution in [0.2, 0.25) is 0 Å². The van der Waals surface area contributed by atoms with Gasteiger partial charge in [0, 0.05) is 11.3 Å². The Bertz CT molecular complexity index is 1880. The number of fused-ring (bicyclic) bond motifs is 3. The van der Waals surface area contributed by atoms with Crippen LogP contribution in [0.5, 0.6) is 11.5 Å². The van der Waals surface area contributed by atoms with Crippen molar-refractivity contribution in [2.24, 2.45) is 0 Å². The molecule has 2 aromatic heterocycles. The molecule has 1 N–H and O–H groups in total. The summed E-state index contributed by atoms with van der Waals surface area (Å²) in [4.78, 5) is 46.1. The Kier molecular flexibility index (Phi) is 5.37. The van der Waals surface area contributed by atoms with Crippen LogP contribution in [0.4, 0.5) is 11.4 Å². The number of nitrogens with one attached hydrogen (secondary N) is 1. The minimum Gasteiger partial charge on any atom is -0.485 e. The number of aromatic nitrogens is 3. The second-order valence-corrected chi connectivity index (χ2v) is 9.94. The molecule has 2 aliphatic rings. The van der Waals surface area contributed by atoms with Crippen LogP contribution < -0.4 is 29.8 Å². The van der Waals surface area contributed by atoms with E-state index in [0.717, 1.165) is 11.3 Å². The van der Waals surface area contributed by atoms with Crippen molar-refractivity contribution in [3.05, 3.63) is 105 Å². The number of amides is 2. The molecule has 0 saturated heterocycles. The molecule has 0 saturated carbocycles. The van der Waals surface area contributed by atoms with Gasteiger partial charge in [-0.25, -0.2) is 0 Å². The number of ether oxygens (including phenoxy) is 2. The number of hydrogen-bond donors (Lipinski definition) is 1. The number of rotatable bonds is 4. The molecule has 0 bridgehead atoms. The number of carbonyl (C=O) groups is 2. The van der Waals surface area contributed by atoms with Gasteiger partial charge in [-0.1, -0.05) is 59.9 Å². The van der Waals surface area contributed by atoms with Crippen molar-refractivity contribution in [3.63, 3.8) is 0 Å². The van der Waals surface area contributed by atoms with E-state index >= 15 is 0 Å². The fraction of sp³-hybridized carbons (Fsp3) is 0.107. The van der Waals surface area contributed by atoms with E-state index in [-0.39, 0.29) is 29.2 Å². The fourth-order valence-electron chi connectivity index (χ4n) is 4.71. The standard InChI is InChI=1S/C28H19N5O5S/c34-22(29-16-8-2-1-3-9-16)14-32-18-11-5-4-10-17(18)23(26(32)35)24-27(36)33-28(39-24)30-25(31-33)21-15-37-19-12-6-7-13-20(19)38-21/h1-13,21H,14-15H2,(H,29,34). The highest BCUT2D eigenvalue weighted by Gasteiger charge is 2.36. The van der Waals surface area contributed by atoms with E-state index in [1.807, 2.05) is 36.4 Å². The van der Waals surface area contributed by atoms with Crippen LogP contribution in [0, 0.1) is 0 Å². The van der Waals surface area contributed by atoms with E-state index in [1.165, 1.54) is 9.42 Å². The first kappa shape index (κ1) is 23.1. The predicted octanol–water partition coefficient (Wildman–Crippen LogP) is 2.57. The SMILES string of the molecule is O=C(CN1C(=O)C(=c2sc3nc(C4COc5ccccc5O4)nn3c2=O)c2ccccc21)Nc1ccccc1. The van der Waals surface area contributed by atoms with Crippen molar-refractivity contribution in [2.45, 2.75) is 6.10 Å². The van der Waals surface area contributed by atoms with Crippen molar-refractivity contribution in [3.8, 4) is 11.5 Å². The number of carbonyl (C=O) groups excluding carboxylic acids is 2. The van der Waals surface area contributed by atoms with Crippen molar-refractivity contribution in [1.29, 1.82) is 0 Å². The van der Waals surface area contributed by atoms with Gasteiger partial charge in [-0.05, 0) is 30.3 Å². The minimum atomic E-state index is -0.574. The molecule has 7 rings (SSSR count). The number of thiazole rings is 1. The molecule has 1 unspecified atom stereocenters. The molecule has 11 heteroatoms. The largest absolute Gasteiger partial charge is 0.485 e. The van der Waals surface area contributed by atoms with E-state index in [0.29, 0.717) is 39.2 Å². The van der Waals surface area contributed by atoms with Gasteiger partial charge in [0.15, 0.2) is 23.4 Å². The monoisotopic (exact) mass is 537 g/mol. The highest BCUT2D eigenvalue weighted by Crippen LogP contribution is 2.36. The average Bonchev–Trinajstić information content (AvgIpc) is 3.59. The van der Waals surface area contributed by atoms with E-state index in [2.05, 4.69) is 15.4 Å². The molecule has 2 aliphatic heterocycles. The summed E-state index contributed by atoms with van der Waals surface area (Å²) in [7, 11) is 0. The summed E-state index contributed by atoms with van der Waals surface area (Å²) in [5, 5.41) is 7.19. The molecule has 0 fully saturated rings. The molecular formula is C28H19N5O5S. The average molecular weight is 538 g/mol. The molecule has 3 aromatic carbocycles. The first-order valence-corrected chi connectivity index (χ1v) is 13.0. The molecule has 10 nitrogen and oxygen atoms in total. The molecule has 4 heterocycles. The van der Waals surface area contributed by atoms with Gasteiger partial charge >= 0.3 is 0 Å². The van der Waals surface area contributed by atoms with Gasteiger partial charge < -0.3 is 14.8 Å². The lowest BCUT2D eigenvalue weighted by Gasteiger charge is -2.24. The molecule has 5 aromatic rings. The summed E-state index contributed by atoms with van der Waals surface area (Å²) in [6.45, 7) is 0.00691. The van der Waals surface area contributed by atoms with Crippen LogP contribution in [-0.2, 0) is 9.59 Å². The molecule has 0 spiro atoms. The number of benzene rings is 3. The van der Waals surface area contributed by atoms with Gasteiger partial charge in [-0.2, -0.15) is 9.50 Å². The van der Waals surface area contributed by atoms with Crippen molar-refractivity contribution in [2.75, 3.05) is 23.4 Å². The van der Waals surface area contributed by atoms with Gasteiger partial charge in [0.25, 0.3) is 11.5 Å². The highest BCUT2D eigenvalue weighted by molar-refractivity contribution is 7.15. The smallest absolute Gasteiger partial charge is 0.291 e. The normalized spacial score (nSPS) is 17.4. The van der Waals surface area contributed by atoms with Crippen molar-refractivity contribution in [1.82, 2.24) is 14.6 Å². The summed E-state index contributed by atoms with van der Waals surface area (Å²) in [5.74, 6) is 0.758. The van der Waals surface area contributed by atoms with Crippen molar-refractivity contribution < 1.29 is 19.1 Å². The van der Waals surface area contributed by atoms with Crippen LogP contribution in [0.25, 0.3) is 10.5 Å². The summed E-state index contributed by atoms with van der Waals surface area (Å²) in [6, 6.07) is 23.4. The molecule has 1 atom stereocenters. The molecule has 192 valence electrons. The third-order valence-corrected chi connectivity index (χ3v) is 7.51. The van der Waals surface area contributed by atoms with Crippen molar-refractivity contribution >= 4 is 45.1 Å². The molecule has 0 radical (unpaired) electrons. The Morgan fingerprint density at radius 2 is 1.72 bits per heavy atom. The van der Waals surface area contributed by atoms with Gasteiger partial charge in [0.2, 0.25) is 10.9 Å². The zero-order valence-corrected chi connectivity index (χ0v) is 21.1. The first-order chi connectivity index (χ1) is 19.1. The lowest BCUT2D eigenvalue weighted by atomic mass is 10.1. The lowest BCUT2D eigenvalue weighted by molar-refractivity contribution is -0.118. The Hall–Kier alpha value is -5.03. The fourth-order valence-corrected chi connectivity index (χ4v) is 5.71. The maximum Gasteiger partial charge on any atom is 0.291 e. The zero-order valence-electron chi connectivity index (χ0n) is 20.2. The van der Waals surface area contributed by atoms with Crippen LogP contribution in [0.3, 0.4) is 0 Å². The molecule has 2 amide bonds. The summed E-state index contributed by atoms with van der Waals surface area (Å²) < 4.78 is 13.1. The molecular weight excluding hydrogens is 518 g/mol. The van der Waals surface area contributed by atoms with Gasteiger partial charge in [-0.3, -0.25) is 19.3 Å². The summed E-state index contributed by atoms with van der Waals surface area (Å²) in [6.07, 6.45) is -0.574. The highest BCUT2D eigenvalue weighted by atomic mass is 32.1. The zero-order chi connectivity index (χ0) is 26.5. The first-order valence-electron chi connectivity index (χ1n) is 12.2. The number of hydrogen-bond acceptors (Lipinski definition) is 8. The third kappa shape index (κ3) is 3.91. The maximum absolute atomic E-state index is 13.6. The van der Waals surface area contributed by atoms with E-state index < -0.39 is 17.6 Å². The topological polar surface area (TPSA) is 115 Å². The van der Waals surface area contributed by atoms with Crippen LogP contribution >= 0.6 is 11.3 Å². The second-order valence-electron chi connectivity index (χ2n) is 8.96. The van der Waals surface area contributed by atoms with Crippen LogP contribution in [0.15, 0.2) is 83.7 Å². The second kappa shape index (κ2) is 9.07. The molecule has 39 heavy (non-hydrogen) atoms. The maximum atomic E-state index is 13.6. The Balaban J connectivity index is 1.23. The number of anilines is 2. The van der Waals surface area contributed by atoms with E-state index in [4.69, 9.17) is 9.47 Å². The Morgan fingerprint density at radius 3 is 2.54 bits per heavy atom. The van der Waals surface area contributed by atoms with Gasteiger partial charge in [0.1, 0.15) is 17.7 Å². The van der Waals surface area contributed by atoms with Crippen LogP contribution in [0.1, 0.15) is 17.5 Å². The van der Waals surface area contributed by atoms with E-state index in [9.17, 15) is 14.4 Å².